The number of morpholine rings is 1. The molecule has 8 heteroatoms. The van der Waals surface area contributed by atoms with Crippen LogP contribution in [0, 0.1) is 19.7 Å². The first-order chi connectivity index (χ1) is 15.3. The number of hydrogen-bond donors (Lipinski definition) is 0. The first-order valence-corrected chi connectivity index (χ1v) is 10.5. The zero-order chi connectivity index (χ0) is 23.0. The molecule has 1 aliphatic rings. The van der Waals surface area contributed by atoms with Crippen LogP contribution in [0.1, 0.15) is 34.1 Å². The second kappa shape index (κ2) is 8.70. The molecule has 1 atom stereocenters. The van der Waals surface area contributed by atoms with Crippen LogP contribution in [0.4, 0.5) is 9.18 Å². The number of pyridine rings is 1. The normalized spacial score (nSPS) is 16.4. The van der Waals surface area contributed by atoms with E-state index in [-0.39, 0.29) is 11.9 Å². The molecule has 0 aliphatic carbocycles. The number of carbonyl (C=O) groups is 2. The van der Waals surface area contributed by atoms with Crippen LogP contribution < -0.4 is 0 Å². The fraction of sp³-hybridized carbons (Fsp3) is 0.375. The predicted octanol–water partition coefficient (Wildman–Crippen LogP) is 3.97. The Kier molecular flexibility index (Phi) is 5.97. The van der Waals surface area contributed by atoms with Crippen molar-refractivity contribution in [1.29, 1.82) is 0 Å². The van der Waals surface area contributed by atoms with E-state index in [1.807, 2.05) is 29.7 Å². The summed E-state index contributed by atoms with van der Waals surface area (Å²) in [6.45, 7) is 6.39. The van der Waals surface area contributed by atoms with Crippen LogP contribution in [-0.4, -0.2) is 59.1 Å². The highest BCUT2D eigenvalue weighted by molar-refractivity contribution is 5.95. The number of fused-ring (bicyclic) bond motifs is 1. The molecule has 32 heavy (non-hydrogen) atoms. The van der Waals surface area contributed by atoms with Crippen LogP contribution in [0.15, 0.2) is 30.5 Å². The van der Waals surface area contributed by atoms with E-state index in [1.54, 1.807) is 17.9 Å². The third-order valence-corrected chi connectivity index (χ3v) is 5.80. The molecule has 2 aromatic heterocycles. The quantitative estimate of drug-likeness (QED) is 0.575. The Balaban J connectivity index is 1.80. The summed E-state index contributed by atoms with van der Waals surface area (Å²) in [6, 6.07) is 6.86. The lowest BCUT2D eigenvalue weighted by Gasteiger charge is -2.32. The SMILES string of the molecule is COC(=O)N1CCOC(Cc2c(-c3c(C)cc(C(C)=O)cc3F)nc3cc(C)ccn23)C1. The number of methoxy groups -OCH3 is 1. The Bertz CT molecular complexity index is 1180. The molecule has 1 amide bonds. The number of carbonyl (C=O) groups excluding carboxylic acids is 2. The molecule has 1 fully saturated rings. The smallest absolute Gasteiger partial charge is 0.409 e. The van der Waals surface area contributed by atoms with Crippen molar-refractivity contribution in [2.24, 2.45) is 0 Å². The number of rotatable bonds is 4. The highest BCUT2D eigenvalue weighted by Gasteiger charge is 2.28. The summed E-state index contributed by atoms with van der Waals surface area (Å²) in [5.41, 5.74) is 4.37. The summed E-state index contributed by atoms with van der Waals surface area (Å²) in [5.74, 6) is -0.680. The Morgan fingerprint density at radius 2 is 2.06 bits per heavy atom. The molecule has 168 valence electrons. The van der Waals surface area contributed by atoms with Gasteiger partial charge in [0.15, 0.2) is 5.78 Å². The van der Waals surface area contributed by atoms with Gasteiger partial charge in [-0.05, 0) is 56.2 Å². The number of aryl methyl sites for hydroxylation is 2. The van der Waals surface area contributed by atoms with Gasteiger partial charge in [-0.15, -0.1) is 0 Å². The van der Waals surface area contributed by atoms with Crippen molar-refractivity contribution < 1.29 is 23.5 Å². The largest absolute Gasteiger partial charge is 0.453 e. The summed E-state index contributed by atoms with van der Waals surface area (Å²) < 4.78 is 27.9. The Labute approximate surface area is 185 Å². The molecule has 1 saturated heterocycles. The van der Waals surface area contributed by atoms with E-state index < -0.39 is 11.9 Å². The second-order valence-corrected chi connectivity index (χ2v) is 8.16. The maximum Gasteiger partial charge on any atom is 0.409 e. The summed E-state index contributed by atoms with van der Waals surface area (Å²) in [6.07, 6.45) is 1.66. The summed E-state index contributed by atoms with van der Waals surface area (Å²) in [4.78, 5) is 30.1. The van der Waals surface area contributed by atoms with Crippen molar-refractivity contribution in [2.45, 2.75) is 33.3 Å². The predicted molar refractivity (Wildman–Crippen MR) is 117 cm³/mol. The molecule has 0 bridgehead atoms. The zero-order valence-corrected chi connectivity index (χ0v) is 18.6. The molecule has 0 N–H and O–H groups in total. The van der Waals surface area contributed by atoms with Crippen LogP contribution in [0.5, 0.6) is 0 Å². The van der Waals surface area contributed by atoms with Gasteiger partial charge in [0.05, 0.1) is 37.8 Å². The molecule has 3 heterocycles. The summed E-state index contributed by atoms with van der Waals surface area (Å²) >= 11 is 0. The average molecular weight is 439 g/mol. The number of ether oxygens (including phenoxy) is 2. The fourth-order valence-corrected chi connectivity index (χ4v) is 4.19. The molecule has 1 unspecified atom stereocenters. The first-order valence-electron chi connectivity index (χ1n) is 10.5. The Morgan fingerprint density at radius 3 is 2.75 bits per heavy atom. The van der Waals surface area contributed by atoms with Gasteiger partial charge < -0.3 is 18.8 Å². The van der Waals surface area contributed by atoms with E-state index >= 15 is 4.39 Å². The standard InChI is InChI=1S/C24H26FN3O4/c1-14-5-6-28-20(12-18-13-27(7-8-32-18)24(30)31-4)23(26-21(28)9-14)22-15(2)10-17(16(3)29)11-19(22)25/h5-6,9-11,18H,7-8,12-13H2,1-4H3. The number of amides is 1. The number of Topliss-reactive ketones (excluding diaryl/α,β-unsaturated/α-hetero) is 1. The lowest BCUT2D eigenvalue weighted by atomic mass is 9.97. The third-order valence-electron chi connectivity index (χ3n) is 5.80. The minimum absolute atomic E-state index is 0.192. The molecule has 4 rings (SSSR count). The Morgan fingerprint density at radius 1 is 1.28 bits per heavy atom. The van der Waals surface area contributed by atoms with Crippen LogP contribution in [-0.2, 0) is 15.9 Å². The second-order valence-electron chi connectivity index (χ2n) is 8.16. The molecular formula is C24H26FN3O4. The fourth-order valence-electron chi connectivity index (χ4n) is 4.19. The maximum absolute atomic E-state index is 15.2. The molecular weight excluding hydrogens is 413 g/mol. The molecule has 1 aliphatic heterocycles. The molecule has 0 saturated carbocycles. The molecule has 0 radical (unpaired) electrons. The number of nitrogens with zero attached hydrogens (tertiary/aromatic N) is 3. The number of imidazole rings is 1. The minimum atomic E-state index is -0.489. The molecule has 3 aromatic rings. The number of ketones is 1. The minimum Gasteiger partial charge on any atom is -0.453 e. The van der Waals surface area contributed by atoms with E-state index in [0.29, 0.717) is 54.1 Å². The van der Waals surface area contributed by atoms with Gasteiger partial charge in [0, 0.05) is 30.3 Å². The first kappa shape index (κ1) is 22.0. The average Bonchev–Trinajstić information content (AvgIpc) is 3.09. The van der Waals surface area contributed by atoms with E-state index in [9.17, 15) is 9.59 Å². The monoisotopic (exact) mass is 439 g/mol. The Hall–Kier alpha value is -3.26. The van der Waals surface area contributed by atoms with E-state index in [0.717, 1.165) is 11.3 Å². The molecule has 7 nitrogen and oxygen atoms in total. The van der Waals surface area contributed by atoms with Crippen molar-refractivity contribution in [3.05, 3.63) is 58.7 Å². The van der Waals surface area contributed by atoms with Gasteiger partial charge in [0.1, 0.15) is 11.5 Å². The number of halogens is 1. The van der Waals surface area contributed by atoms with Crippen LogP contribution >= 0.6 is 0 Å². The topological polar surface area (TPSA) is 73.1 Å². The van der Waals surface area contributed by atoms with E-state index in [1.165, 1.54) is 20.1 Å². The molecule has 1 aromatic carbocycles. The molecule has 0 spiro atoms. The van der Waals surface area contributed by atoms with Crippen LogP contribution in [0.3, 0.4) is 0 Å². The lowest BCUT2D eigenvalue weighted by molar-refractivity contribution is -0.0241. The van der Waals surface area contributed by atoms with Gasteiger partial charge in [0.2, 0.25) is 0 Å². The van der Waals surface area contributed by atoms with Crippen molar-refractivity contribution in [3.63, 3.8) is 0 Å². The van der Waals surface area contributed by atoms with Gasteiger partial charge in [-0.3, -0.25) is 4.79 Å². The van der Waals surface area contributed by atoms with Crippen molar-refractivity contribution in [3.8, 4) is 11.3 Å². The summed E-state index contributed by atoms with van der Waals surface area (Å²) in [5, 5.41) is 0. The van der Waals surface area contributed by atoms with Gasteiger partial charge in [-0.2, -0.15) is 0 Å². The van der Waals surface area contributed by atoms with Gasteiger partial charge >= 0.3 is 6.09 Å². The van der Waals surface area contributed by atoms with Gasteiger partial charge in [0.25, 0.3) is 0 Å². The van der Waals surface area contributed by atoms with Crippen molar-refractivity contribution in [1.82, 2.24) is 14.3 Å². The van der Waals surface area contributed by atoms with E-state index in [4.69, 9.17) is 14.5 Å². The number of aromatic nitrogens is 2. The van der Waals surface area contributed by atoms with Gasteiger partial charge in [-0.25, -0.2) is 14.2 Å². The van der Waals surface area contributed by atoms with Crippen molar-refractivity contribution >= 4 is 17.5 Å². The third kappa shape index (κ3) is 4.10. The lowest BCUT2D eigenvalue weighted by Crippen LogP contribution is -2.46. The van der Waals surface area contributed by atoms with E-state index in [2.05, 4.69) is 0 Å². The van der Waals surface area contributed by atoms with Crippen LogP contribution in [0.25, 0.3) is 16.9 Å². The van der Waals surface area contributed by atoms with Crippen molar-refractivity contribution in [2.75, 3.05) is 26.8 Å². The van der Waals surface area contributed by atoms with Crippen LogP contribution in [0.2, 0.25) is 0 Å². The number of benzene rings is 1. The highest BCUT2D eigenvalue weighted by Crippen LogP contribution is 2.32. The highest BCUT2D eigenvalue weighted by atomic mass is 19.1. The maximum atomic E-state index is 15.2. The zero-order valence-electron chi connectivity index (χ0n) is 18.6. The summed E-state index contributed by atoms with van der Waals surface area (Å²) in [7, 11) is 1.36. The number of hydrogen-bond acceptors (Lipinski definition) is 5. The van der Waals surface area contributed by atoms with Gasteiger partial charge in [-0.1, -0.05) is 0 Å².